The van der Waals surface area contributed by atoms with Gasteiger partial charge in [0.05, 0.1) is 32.6 Å². The quantitative estimate of drug-likeness (QED) is 0.0846. The van der Waals surface area contributed by atoms with Crippen molar-refractivity contribution in [3.63, 3.8) is 0 Å². The Morgan fingerprint density at radius 3 is 1.74 bits per heavy atom. The van der Waals surface area contributed by atoms with Gasteiger partial charge in [0.1, 0.15) is 10.1 Å². The van der Waals surface area contributed by atoms with Gasteiger partial charge in [0.25, 0.3) is 5.69 Å². The summed E-state index contributed by atoms with van der Waals surface area (Å²) < 4.78 is 35.0. The molecule has 0 spiro atoms. The first kappa shape index (κ1) is 42.3. The molecule has 0 aromatic heterocycles. The van der Waals surface area contributed by atoms with Gasteiger partial charge in [-0.25, -0.2) is 8.42 Å². The van der Waals surface area contributed by atoms with Gasteiger partial charge < -0.3 is 35.9 Å². The van der Waals surface area contributed by atoms with E-state index in [1.807, 2.05) is 0 Å². The van der Waals surface area contributed by atoms with Crippen molar-refractivity contribution in [2.45, 2.75) is 4.90 Å². The summed E-state index contributed by atoms with van der Waals surface area (Å²) in [6.07, 6.45) is 0. The summed E-state index contributed by atoms with van der Waals surface area (Å²) in [6, 6.07) is 8.35. The predicted molar refractivity (Wildman–Crippen MR) is 126 cm³/mol. The Hall–Kier alpha value is -2.88. The van der Waals surface area contributed by atoms with Crippen molar-refractivity contribution in [1.29, 1.82) is 0 Å². The van der Waals surface area contributed by atoms with Gasteiger partial charge >= 0.3 is 64.3 Å². The molecule has 0 aliphatic heterocycles. The van der Waals surface area contributed by atoms with Crippen molar-refractivity contribution >= 4 is 60.9 Å². The Morgan fingerprint density at radius 1 is 0.674 bits per heavy atom. The van der Waals surface area contributed by atoms with E-state index in [0.29, 0.717) is 12.1 Å². The molecule has 4 aromatic rings. The predicted octanol–water partition coefficient (Wildman–Crippen LogP) is 0.0761. The molecule has 0 atom stereocenters. The van der Waals surface area contributed by atoms with Gasteiger partial charge in [-0.1, -0.05) is 46.7 Å². The van der Waals surface area contributed by atoms with Gasteiger partial charge in [-0.3, -0.25) is 10.1 Å². The molecule has 0 unspecified atom stereocenters. The molecule has 0 saturated heterocycles. The van der Waals surface area contributed by atoms with Crippen molar-refractivity contribution in [3.8, 4) is 23.0 Å². The molecular formula is C22H11ClCr2N5NaO11S. The second kappa shape index (κ2) is 16.8. The number of hydrogen-bond acceptors (Lipinski definition) is 15. The minimum atomic E-state index is -5.21. The fourth-order valence-corrected chi connectivity index (χ4v) is 4.10. The van der Waals surface area contributed by atoms with Crippen molar-refractivity contribution in [3.05, 3.63) is 69.7 Å². The molecule has 0 aliphatic carbocycles. The van der Waals surface area contributed by atoms with E-state index in [0.717, 1.165) is 30.3 Å². The van der Waals surface area contributed by atoms with E-state index in [1.165, 1.54) is 12.1 Å². The SMILES string of the molecule is O=[N+]([O-])c1ccc2c(N=Nc3cc(N=Nc4cc(Cl)ccc4[O-])c([O-])cc3[O-])c([O-])cc(S(=O)(=O)[O-])c2c1.[Cr+3].[Cr+3].[Na+].[OH-].[OH-]. The average Bonchev–Trinajstić information content (AvgIpc) is 2.84. The van der Waals surface area contributed by atoms with E-state index in [4.69, 9.17) is 11.6 Å². The van der Waals surface area contributed by atoms with Crippen LogP contribution < -0.4 is 50.0 Å². The summed E-state index contributed by atoms with van der Waals surface area (Å²) in [5.74, 6) is -3.40. The number of fused-ring (bicyclic) bond motifs is 1. The first-order valence-corrected chi connectivity index (χ1v) is 11.8. The molecule has 0 saturated carbocycles. The Morgan fingerprint density at radius 2 is 1.21 bits per heavy atom. The van der Waals surface area contributed by atoms with E-state index in [2.05, 4.69) is 20.5 Å². The number of azo groups is 2. The summed E-state index contributed by atoms with van der Waals surface area (Å²) in [5, 5.41) is 74.1. The van der Waals surface area contributed by atoms with Gasteiger partial charge in [0.15, 0.2) is 0 Å². The molecule has 2 N–H and O–H groups in total. The minimum Gasteiger partial charge on any atom is -0.871 e. The van der Waals surface area contributed by atoms with Crippen molar-refractivity contribution in [2.24, 2.45) is 20.5 Å². The molecule has 21 heteroatoms. The third-order valence-corrected chi connectivity index (χ3v) is 6.10. The molecule has 0 heterocycles. The molecule has 0 fully saturated rings. The molecule has 0 aliphatic rings. The number of benzene rings is 4. The normalized spacial score (nSPS) is 10.7. The van der Waals surface area contributed by atoms with Gasteiger partial charge in [0.2, 0.25) is 0 Å². The Labute approximate surface area is 290 Å². The Kier molecular flexibility index (Phi) is 16.5. The molecule has 4 aromatic carbocycles. The second-order valence-corrected chi connectivity index (χ2v) is 9.25. The van der Waals surface area contributed by atoms with E-state index >= 15 is 0 Å². The van der Waals surface area contributed by atoms with Crippen LogP contribution in [0.2, 0.25) is 5.02 Å². The van der Waals surface area contributed by atoms with Crippen LogP contribution in [0, 0.1) is 10.1 Å². The summed E-state index contributed by atoms with van der Waals surface area (Å²) >= 11 is 5.81. The summed E-state index contributed by atoms with van der Waals surface area (Å²) in [6.45, 7) is 0. The van der Waals surface area contributed by atoms with Crippen LogP contribution >= 0.6 is 11.6 Å². The first-order chi connectivity index (χ1) is 17.8. The van der Waals surface area contributed by atoms with Gasteiger partial charge in [-0.15, -0.1) is 0 Å². The zero-order valence-electron chi connectivity index (χ0n) is 21.1. The van der Waals surface area contributed by atoms with E-state index in [-0.39, 0.29) is 91.3 Å². The maximum atomic E-state index is 12.6. The average molecular weight is 716 g/mol. The standard InChI is InChI=1S/C22H14ClN5O9S.2Cr.Na.2H2O/c23-10-1-4-17(29)14(5-10)24-25-15-7-16(19(31)8-18(15)30)26-27-22-12-3-2-11(28(33)34)6-13(12)21(9-20(22)32)38(35,36)37;;;;;/h1-9,29-32H,(H,35,36,37);;;;2*1H2/q;2*+3;+1;;/p-7. The van der Waals surface area contributed by atoms with Crippen LogP contribution in [0.4, 0.5) is 28.4 Å². The van der Waals surface area contributed by atoms with E-state index in [1.54, 1.807) is 0 Å². The summed E-state index contributed by atoms with van der Waals surface area (Å²) in [7, 11) is -5.21. The third kappa shape index (κ3) is 9.55. The minimum absolute atomic E-state index is 0. The molecule has 2 radical (unpaired) electrons. The number of nitro benzene ring substituents is 1. The number of hydrogen-bond donors (Lipinski definition) is 0. The van der Waals surface area contributed by atoms with Crippen molar-refractivity contribution < 1.29 is 114 Å². The summed E-state index contributed by atoms with van der Waals surface area (Å²) in [5.41, 5.74) is -2.18. The van der Waals surface area contributed by atoms with Crippen LogP contribution in [0.5, 0.6) is 23.0 Å². The van der Waals surface area contributed by atoms with E-state index in [9.17, 15) is 43.5 Å². The number of rotatable bonds is 6. The fraction of sp³-hybridized carbons (Fsp3) is 0. The number of nitrogens with zero attached hydrogens (tertiary/aromatic N) is 5. The summed E-state index contributed by atoms with van der Waals surface area (Å²) in [4.78, 5) is 9.28. The van der Waals surface area contributed by atoms with E-state index < -0.39 is 71.1 Å². The Bertz CT molecular complexity index is 1810. The molecule has 0 bridgehead atoms. The van der Waals surface area contributed by atoms with Crippen molar-refractivity contribution in [2.75, 3.05) is 0 Å². The molecule has 43 heavy (non-hydrogen) atoms. The number of non-ortho nitro benzene ring substituents is 1. The van der Waals surface area contributed by atoms with Crippen LogP contribution in [0.1, 0.15) is 0 Å². The zero-order chi connectivity index (χ0) is 27.8. The first-order valence-electron chi connectivity index (χ1n) is 10.1. The Balaban J connectivity index is 0. The molecular weight excluding hydrogens is 705 g/mol. The maximum Gasteiger partial charge on any atom is 3.00 e. The monoisotopic (exact) mass is 715 g/mol. The molecule has 216 valence electrons. The van der Waals surface area contributed by atoms with Crippen molar-refractivity contribution in [1.82, 2.24) is 0 Å². The fourth-order valence-electron chi connectivity index (χ4n) is 3.24. The van der Waals surface area contributed by atoms with Crippen LogP contribution in [-0.2, 0) is 44.8 Å². The van der Waals surface area contributed by atoms with Crippen LogP contribution in [-0.4, -0.2) is 28.8 Å². The van der Waals surface area contributed by atoms with Crippen LogP contribution in [0.25, 0.3) is 10.8 Å². The van der Waals surface area contributed by atoms with Gasteiger partial charge in [0, 0.05) is 27.9 Å². The third-order valence-electron chi connectivity index (χ3n) is 4.98. The van der Waals surface area contributed by atoms with Crippen LogP contribution in [0.3, 0.4) is 0 Å². The smallest absolute Gasteiger partial charge is 0.871 e. The second-order valence-electron chi connectivity index (χ2n) is 7.46. The zero-order valence-corrected chi connectivity index (χ0v) is 27.2. The molecule has 16 nitrogen and oxygen atoms in total. The van der Waals surface area contributed by atoms with Crippen LogP contribution in [0.15, 0.2) is 79.9 Å². The number of nitro groups is 1. The topological polar surface area (TPSA) is 302 Å². The van der Waals surface area contributed by atoms with Gasteiger partial charge in [-0.2, -0.15) is 20.5 Å². The maximum absolute atomic E-state index is 12.6. The molecule has 4 rings (SSSR count). The van der Waals surface area contributed by atoms with Gasteiger partial charge in [-0.05, 0) is 30.3 Å². The largest absolute Gasteiger partial charge is 3.00 e. The molecule has 0 amide bonds. The number of halogens is 1.